The molecule has 0 aliphatic carbocycles. The summed E-state index contributed by atoms with van der Waals surface area (Å²) in [6.07, 6.45) is 0.872. The molecule has 1 aliphatic rings. The normalized spacial score (nSPS) is 12.0. The first-order valence-corrected chi connectivity index (χ1v) is 12.2. The molecule has 3 aromatic rings. The monoisotopic (exact) mass is 491 g/mol. The van der Waals surface area contributed by atoms with Crippen LogP contribution in [0.5, 0.6) is 11.5 Å². The number of rotatable bonds is 9. The standard InChI is InChI=1S/C28H33N3O5/c1-5-21-7-6-8-23(13-21)29-28(33)31(19(2)3)17-27(32)30(16-24-11-9-20(4)36-24)15-22-10-12-25-26(14-22)35-18-34-25/h6-14,19H,5,15-18H2,1-4H3,(H,29,33). The van der Waals surface area contributed by atoms with Crippen LogP contribution in [-0.2, 0) is 24.3 Å². The van der Waals surface area contributed by atoms with E-state index in [1.807, 2.05) is 75.4 Å². The van der Waals surface area contributed by atoms with Gasteiger partial charge in [-0.1, -0.05) is 25.1 Å². The van der Waals surface area contributed by atoms with Gasteiger partial charge in [0.1, 0.15) is 18.1 Å². The first-order chi connectivity index (χ1) is 17.3. The van der Waals surface area contributed by atoms with Crippen molar-refractivity contribution in [3.63, 3.8) is 0 Å². The number of aryl methyl sites for hydroxylation is 2. The first kappa shape index (κ1) is 25.2. The lowest BCUT2D eigenvalue weighted by Crippen LogP contribution is -2.47. The molecule has 0 atom stereocenters. The van der Waals surface area contributed by atoms with Crippen LogP contribution in [0, 0.1) is 6.92 Å². The summed E-state index contributed by atoms with van der Waals surface area (Å²) in [6, 6.07) is 16.6. The quantitative estimate of drug-likeness (QED) is 0.436. The Morgan fingerprint density at radius 2 is 1.78 bits per heavy atom. The maximum atomic E-state index is 13.6. The molecule has 4 rings (SSSR count). The minimum atomic E-state index is -0.316. The summed E-state index contributed by atoms with van der Waals surface area (Å²) in [4.78, 5) is 30.0. The van der Waals surface area contributed by atoms with Gasteiger partial charge in [-0.2, -0.15) is 0 Å². The second-order valence-corrected chi connectivity index (χ2v) is 9.16. The molecule has 0 fully saturated rings. The molecule has 0 bridgehead atoms. The number of carbonyl (C=O) groups is 2. The number of furan rings is 1. The van der Waals surface area contributed by atoms with Crippen molar-refractivity contribution in [1.82, 2.24) is 9.80 Å². The summed E-state index contributed by atoms with van der Waals surface area (Å²) in [5.41, 5.74) is 2.73. The molecule has 1 N–H and O–H groups in total. The molecule has 3 amide bonds. The number of urea groups is 1. The third-order valence-corrected chi connectivity index (χ3v) is 6.08. The van der Waals surface area contributed by atoms with E-state index >= 15 is 0 Å². The highest BCUT2D eigenvalue weighted by Gasteiger charge is 2.25. The van der Waals surface area contributed by atoms with Crippen LogP contribution in [0.15, 0.2) is 59.0 Å². The predicted octanol–water partition coefficient (Wildman–Crippen LogP) is 5.35. The van der Waals surface area contributed by atoms with Crippen LogP contribution in [0.3, 0.4) is 0 Å². The number of nitrogens with zero attached hydrogens (tertiary/aromatic N) is 2. The van der Waals surface area contributed by atoms with Gasteiger partial charge in [0, 0.05) is 18.3 Å². The SMILES string of the molecule is CCc1cccc(NC(=O)N(CC(=O)N(Cc2ccc3c(c2)OCO3)Cc2ccc(C)o2)C(C)C)c1. The van der Waals surface area contributed by atoms with Gasteiger partial charge in [0.05, 0.1) is 6.54 Å². The Bertz CT molecular complexity index is 1220. The van der Waals surface area contributed by atoms with Crippen molar-refractivity contribution in [3.8, 4) is 11.5 Å². The number of nitrogens with one attached hydrogen (secondary N) is 1. The molecule has 0 radical (unpaired) electrons. The average molecular weight is 492 g/mol. The minimum Gasteiger partial charge on any atom is -0.464 e. The summed E-state index contributed by atoms with van der Waals surface area (Å²) in [5.74, 6) is 2.61. The van der Waals surface area contributed by atoms with Crippen molar-refractivity contribution < 1.29 is 23.5 Å². The number of anilines is 1. The lowest BCUT2D eigenvalue weighted by molar-refractivity contribution is -0.133. The van der Waals surface area contributed by atoms with Gasteiger partial charge in [-0.3, -0.25) is 4.79 Å². The second kappa shape index (κ2) is 11.2. The molecule has 0 saturated heterocycles. The molecule has 190 valence electrons. The van der Waals surface area contributed by atoms with E-state index in [1.54, 1.807) is 9.80 Å². The maximum absolute atomic E-state index is 13.6. The molecule has 8 nitrogen and oxygen atoms in total. The van der Waals surface area contributed by atoms with E-state index in [4.69, 9.17) is 13.9 Å². The summed E-state index contributed by atoms with van der Waals surface area (Å²) < 4.78 is 16.6. The minimum absolute atomic E-state index is 0.0682. The van der Waals surface area contributed by atoms with Crippen LogP contribution in [0.4, 0.5) is 10.5 Å². The van der Waals surface area contributed by atoms with Crippen molar-refractivity contribution in [2.24, 2.45) is 0 Å². The zero-order valence-electron chi connectivity index (χ0n) is 21.2. The molecular weight excluding hydrogens is 458 g/mol. The zero-order chi connectivity index (χ0) is 25.7. The van der Waals surface area contributed by atoms with Crippen molar-refractivity contribution in [3.05, 3.63) is 77.2 Å². The molecule has 2 heterocycles. The van der Waals surface area contributed by atoms with Gasteiger partial charge in [0.2, 0.25) is 12.7 Å². The third kappa shape index (κ3) is 6.19. The van der Waals surface area contributed by atoms with Gasteiger partial charge < -0.3 is 29.0 Å². The Morgan fingerprint density at radius 1 is 0.972 bits per heavy atom. The Hall–Kier alpha value is -3.94. The maximum Gasteiger partial charge on any atom is 0.322 e. The molecule has 1 aliphatic heterocycles. The molecule has 0 spiro atoms. The molecule has 36 heavy (non-hydrogen) atoms. The smallest absolute Gasteiger partial charge is 0.322 e. The molecule has 1 aromatic heterocycles. The number of hydrogen-bond acceptors (Lipinski definition) is 5. The molecule has 0 saturated carbocycles. The summed E-state index contributed by atoms with van der Waals surface area (Å²) in [7, 11) is 0. The predicted molar refractivity (Wildman–Crippen MR) is 137 cm³/mol. The van der Waals surface area contributed by atoms with E-state index in [9.17, 15) is 9.59 Å². The Labute approximate surface area is 211 Å². The second-order valence-electron chi connectivity index (χ2n) is 9.16. The van der Waals surface area contributed by atoms with Crippen LogP contribution in [-0.4, -0.2) is 41.1 Å². The fraction of sp³-hybridized carbons (Fsp3) is 0.357. The Morgan fingerprint density at radius 3 is 2.50 bits per heavy atom. The van der Waals surface area contributed by atoms with E-state index in [-0.39, 0.29) is 37.9 Å². The van der Waals surface area contributed by atoms with Gasteiger partial charge in [0.25, 0.3) is 0 Å². The van der Waals surface area contributed by atoms with E-state index in [0.29, 0.717) is 29.5 Å². The molecular formula is C28H33N3O5. The highest BCUT2D eigenvalue weighted by Crippen LogP contribution is 2.33. The Kier molecular flexibility index (Phi) is 7.83. The van der Waals surface area contributed by atoms with Crippen LogP contribution < -0.4 is 14.8 Å². The summed E-state index contributed by atoms with van der Waals surface area (Å²) in [6.45, 7) is 8.46. The first-order valence-electron chi connectivity index (χ1n) is 12.2. The van der Waals surface area contributed by atoms with Crippen LogP contribution in [0.25, 0.3) is 0 Å². The summed E-state index contributed by atoms with van der Waals surface area (Å²) in [5, 5.41) is 2.94. The van der Waals surface area contributed by atoms with Gasteiger partial charge in [0.15, 0.2) is 11.5 Å². The van der Waals surface area contributed by atoms with Crippen LogP contribution in [0.1, 0.15) is 43.4 Å². The number of amides is 3. The van der Waals surface area contributed by atoms with E-state index in [1.165, 1.54) is 0 Å². The highest BCUT2D eigenvalue weighted by atomic mass is 16.7. The van der Waals surface area contributed by atoms with Gasteiger partial charge >= 0.3 is 6.03 Å². The largest absolute Gasteiger partial charge is 0.464 e. The molecule has 0 unspecified atom stereocenters. The number of ether oxygens (including phenoxy) is 2. The molecule has 8 heteroatoms. The van der Waals surface area contributed by atoms with E-state index < -0.39 is 0 Å². The van der Waals surface area contributed by atoms with Crippen LogP contribution in [0.2, 0.25) is 0 Å². The molecule has 2 aromatic carbocycles. The van der Waals surface area contributed by atoms with Crippen molar-refractivity contribution >= 4 is 17.6 Å². The highest BCUT2D eigenvalue weighted by molar-refractivity contribution is 5.92. The van der Waals surface area contributed by atoms with Crippen LogP contribution >= 0.6 is 0 Å². The van der Waals surface area contributed by atoms with Gasteiger partial charge in [-0.15, -0.1) is 0 Å². The zero-order valence-corrected chi connectivity index (χ0v) is 21.2. The van der Waals surface area contributed by atoms with E-state index in [0.717, 1.165) is 23.3 Å². The van der Waals surface area contributed by atoms with E-state index in [2.05, 4.69) is 12.2 Å². The lowest BCUT2D eigenvalue weighted by atomic mass is 10.1. The third-order valence-electron chi connectivity index (χ3n) is 6.08. The fourth-order valence-electron chi connectivity index (χ4n) is 4.05. The number of carbonyl (C=O) groups excluding carboxylic acids is 2. The Balaban J connectivity index is 1.51. The van der Waals surface area contributed by atoms with Crippen molar-refractivity contribution in [2.45, 2.75) is 53.2 Å². The van der Waals surface area contributed by atoms with Crippen molar-refractivity contribution in [1.29, 1.82) is 0 Å². The number of benzene rings is 2. The topological polar surface area (TPSA) is 84.3 Å². The number of fused-ring (bicyclic) bond motifs is 1. The van der Waals surface area contributed by atoms with Crippen molar-refractivity contribution in [2.75, 3.05) is 18.7 Å². The van der Waals surface area contributed by atoms with Gasteiger partial charge in [-0.05, 0) is 74.7 Å². The number of hydrogen-bond donors (Lipinski definition) is 1. The average Bonchev–Trinajstić information content (AvgIpc) is 3.49. The summed E-state index contributed by atoms with van der Waals surface area (Å²) >= 11 is 0. The van der Waals surface area contributed by atoms with Gasteiger partial charge in [-0.25, -0.2) is 4.79 Å². The lowest BCUT2D eigenvalue weighted by Gasteiger charge is -2.30. The fourth-order valence-corrected chi connectivity index (χ4v) is 4.05.